The van der Waals surface area contributed by atoms with Crippen molar-refractivity contribution in [3.8, 4) is 11.5 Å². The van der Waals surface area contributed by atoms with Gasteiger partial charge >= 0.3 is 0 Å². The van der Waals surface area contributed by atoms with E-state index in [2.05, 4.69) is 11.5 Å². The molecule has 0 fully saturated rings. The van der Waals surface area contributed by atoms with E-state index in [9.17, 15) is 5.11 Å². The molecule has 3 nitrogen and oxygen atoms in total. The molecule has 35 heavy (non-hydrogen) atoms. The van der Waals surface area contributed by atoms with Crippen LogP contribution in [0.3, 0.4) is 0 Å². The summed E-state index contributed by atoms with van der Waals surface area (Å²) in [6.45, 7) is 0.438. The number of benzene rings is 4. The third kappa shape index (κ3) is 7.25. The highest BCUT2D eigenvalue weighted by atomic mass is 35.5. The maximum absolute atomic E-state index is 11.1. The fourth-order valence-corrected chi connectivity index (χ4v) is 3.49. The van der Waals surface area contributed by atoms with Gasteiger partial charge in [0.15, 0.2) is 0 Å². The molecule has 0 unspecified atom stereocenters. The molecule has 0 aliphatic carbocycles. The molecule has 1 N–H and O–H groups in total. The average Bonchev–Trinajstić information content (AvgIpc) is 2.92. The summed E-state index contributed by atoms with van der Waals surface area (Å²) < 4.78 is 11.9. The second-order valence-electron chi connectivity index (χ2n) is 7.78. The Labute approximate surface area is 210 Å². The van der Waals surface area contributed by atoms with Crippen LogP contribution in [0.5, 0.6) is 11.5 Å². The normalized spacial score (nSPS) is 11.0. The number of hydrogen-bond acceptors (Lipinski definition) is 3. The highest BCUT2D eigenvalue weighted by Gasteiger charge is 2.14. The van der Waals surface area contributed by atoms with E-state index in [1.807, 2.05) is 91.0 Å². The highest BCUT2D eigenvalue weighted by molar-refractivity contribution is 6.30. The molecule has 0 radical (unpaired) electrons. The van der Waals surface area contributed by atoms with Crippen molar-refractivity contribution in [2.45, 2.75) is 6.10 Å². The standard InChI is InChI=1S/C31H25ClO3/c32-28-20-18-25(19-21-28)31(33)27(23-35-30-14-8-3-9-15-30)17-16-26(24-10-4-1-5-11-24)22-34-29-12-6-2-7-13-29/h1-15,18-21,31,33H,22-23H2/t31-/m1/s1. The minimum absolute atomic E-state index is 0.141. The molecule has 1 atom stereocenters. The Morgan fingerprint density at radius 1 is 0.657 bits per heavy atom. The van der Waals surface area contributed by atoms with Crippen molar-refractivity contribution in [3.05, 3.63) is 148 Å². The number of ether oxygens (including phenoxy) is 2. The van der Waals surface area contributed by atoms with E-state index in [-0.39, 0.29) is 6.61 Å². The maximum Gasteiger partial charge on any atom is 0.122 e. The Morgan fingerprint density at radius 3 is 1.74 bits per heavy atom. The fourth-order valence-electron chi connectivity index (χ4n) is 3.37. The Kier molecular flexibility index (Phi) is 8.62. The molecule has 0 aromatic heterocycles. The quantitative estimate of drug-likeness (QED) is 0.255. The molecule has 0 amide bonds. The zero-order chi connectivity index (χ0) is 24.3. The number of para-hydroxylation sites is 2. The van der Waals surface area contributed by atoms with Crippen molar-refractivity contribution < 1.29 is 14.6 Å². The van der Waals surface area contributed by atoms with Gasteiger partial charge < -0.3 is 14.6 Å². The van der Waals surface area contributed by atoms with Crippen molar-refractivity contribution in [1.82, 2.24) is 0 Å². The summed E-state index contributed by atoms with van der Waals surface area (Å²) in [6, 6.07) is 36.0. The molecular formula is C31H25ClO3. The van der Waals surface area contributed by atoms with Crippen LogP contribution < -0.4 is 9.47 Å². The molecular weight excluding hydrogens is 456 g/mol. The number of aliphatic hydroxyl groups excluding tert-OH is 1. The van der Waals surface area contributed by atoms with Crippen LogP contribution in [0.4, 0.5) is 0 Å². The van der Waals surface area contributed by atoms with Crippen molar-refractivity contribution in [2.24, 2.45) is 0 Å². The summed E-state index contributed by atoms with van der Waals surface area (Å²) in [5.74, 6) is 1.47. The van der Waals surface area contributed by atoms with E-state index in [4.69, 9.17) is 21.1 Å². The van der Waals surface area contributed by atoms with Crippen molar-refractivity contribution in [1.29, 1.82) is 0 Å². The van der Waals surface area contributed by atoms with Crippen molar-refractivity contribution in [3.63, 3.8) is 0 Å². The molecule has 0 bridgehead atoms. The highest BCUT2D eigenvalue weighted by Crippen LogP contribution is 2.24. The summed E-state index contributed by atoms with van der Waals surface area (Å²) in [7, 11) is 0. The van der Waals surface area contributed by atoms with Crippen LogP contribution in [0, 0.1) is 0 Å². The van der Waals surface area contributed by atoms with Gasteiger partial charge in [-0.25, -0.2) is 0 Å². The van der Waals surface area contributed by atoms with Gasteiger partial charge in [0.2, 0.25) is 0 Å². The van der Waals surface area contributed by atoms with Gasteiger partial charge in [0.25, 0.3) is 0 Å². The van der Waals surface area contributed by atoms with Gasteiger partial charge in [0.05, 0.1) is 5.57 Å². The Morgan fingerprint density at radius 2 is 1.17 bits per heavy atom. The Balaban J connectivity index is 1.72. The summed E-state index contributed by atoms with van der Waals surface area (Å²) >= 11 is 6.03. The lowest BCUT2D eigenvalue weighted by molar-refractivity contribution is 0.195. The second-order valence-corrected chi connectivity index (χ2v) is 8.21. The Bertz CT molecular complexity index is 1300. The van der Waals surface area contributed by atoms with Gasteiger partial charge in [-0.2, -0.15) is 0 Å². The molecule has 174 valence electrons. The predicted molar refractivity (Wildman–Crippen MR) is 141 cm³/mol. The minimum Gasteiger partial charge on any atom is -0.488 e. The molecule has 0 aliphatic heterocycles. The molecule has 0 aliphatic rings. The van der Waals surface area contributed by atoms with Crippen LogP contribution >= 0.6 is 11.6 Å². The van der Waals surface area contributed by atoms with Gasteiger partial charge in [0.1, 0.15) is 30.8 Å². The summed E-state index contributed by atoms with van der Waals surface area (Å²) in [4.78, 5) is 0. The molecule has 0 saturated carbocycles. The first-order chi connectivity index (χ1) is 17.2. The van der Waals surface area contributed by atoms with Crippen LogP contribution in [0.15, 0.2) is 132 Å². The van der Waals surface area contributed by atoms with Gasteiger partial charge in [-0.1, -0.05) is 102 Å². The maximum atomic E-state index is 11.1. The van der Waals surface area contributed by atoms with Crippen LogP contribution in [-0.4, -0.2) is 18.3 Å². The van der Waals surface area contributed by atoms with Crippen LogP contribution in [-0.2, 0) is 0 Å². The second kappa shape index (κ2) is 12.5. The summed E-state index contributed by atoms with van der Waals surface area (Å²) in [5, 5.41) is 11.7. The van der Waals surface area contributed by atoms with Crippen LogP contribution in [0.1, 0.15) is 17.2 Å². The third-order valence-corrected chi connectivity index (χ3v) is 5.53. The van der Waals surface area contributed by atoms with E-state index >= 15 is 0 Å². The number of halogens is 1. The zero-order valence-electron chi connectivity index (χ0n) is 19.1. The molecule has 0 saturated heterocycles. The lowest BCUT2D eigenvalue weighted by atomic mass is 10.0. The van der Waals surface area contributed by atoms with Crippen LogP contribution in [0.2, 0.25) is 5.02 Å². The molecule has 4 aromatic carbocycles. The average molecular weight is 481 g/mol. The molecule has 4 heteroatoms. The molecule has 4 aromatic rings. The first-order valence-corrected chi connectivity index (χ1v) is 11.6. The van der Waals surface area contributed by atoms with E-state index < -0.39 is 6.10 Å². The van der Waals surface area contributed by atoms with E-state index in [0.717, 1.165) is 16.9 Å². The van der Waals surface area contributed by atoms with E-state index in [1.165, 1.54) is 0 Å². The minimum atomic E-state index is -0.935. The SMILES string of the molecule is O[C@@H](C(=C=C=C(COc1ccccc1)c1ccccc1)COc1ccccc1)c1ccc(Cl)cc1. The smallest absolute Gasteiger partial charge is 0.122 e. The fraction of sp³-hybridized carbons (Fsp3) is 0.0968. The monoisotopic (exact) mass is 480 g/mol. The molecule has 0 spiro atoms. The number of hydrogen-bond donors (Lipinski definition) is 1. The van der Waals surface area contributed by atoms with Gasteiger partial charge in [0, 0.05) is 10.6 Å². The largest absolute Gasteiger partial charge is 0.488 e. The third-order valence-electron chi connectivity index (χ3n) is 5.28. The lowest BCUT2D eigenvalue weighted by Crippen LogP contribution is -2.09. The van der Waals surface area contributed by atoms with E-state index in [1.54, 1.807) is 24.3 Å². The van der Waals surface area contributed by atoms with Crippen molar-refractivity contribution >= 4 is 17.2 Å². The van der Waals surface area contributed by atoms with Crippen LogP contribution in [0.25, 0.3) is 5.57 Å². The van der Waals surface area contributed by atoms with Gasteiger partial charge in [-0.3, -0.25) is 0 Å². The number of aliphatic hydroxyl groups is 1. The molecule has 0 heterocycles. The number of rotatable bonds is 9. The topological polar surface area (TPSA) is 38.7 Å². The molecule has 4 rings (SSSR count). The first kappa shape index (κ1) is 24.2. The summed E-state index contributed by atoms with van der Waals surface area (Å²) in [6.07, 6.45) is -0.935. The lowest BCUT2D eigenvalue weighted by Gasteiger charge is -2.14. The Hall–Kier alpha value is -3.97. The van der Waals surface area contributed by atoms with Crippen molar-refractivity contribution in [2.75, 3.05) is 13.2 Å². The van der Waals surface area contributed by atoms with Gasteiger partial charge in [-0.05, 0) is 47.5 Å². The van der Waals surface area contributed by atoms with Gasteiger partial charge in [-0.15, -0.1) is 0 Å². The van der Waals surface area contributed by atoms with E-state index in [0.29, 0.717) is 28.5 Å². The first-order valence-electron chi connectivity index (χ1n) is 11.3. The predicted octanol–water partition coefficient (Wildman–Crippen LogP) is 7.30. The zero-order valence-corrected chi connectivity index (χ0v) is 19.9. The summed E-state index contributed by atoms with van der Waals surface area (Å²) in [5.41, 5.74) is 9.41.